The van der Waals surface area contributed by atoms with E-state index in [0.717, 1.165) is 11.3 Å². The highest BCUT2D eigenvalue weighted by atomic mass is 19.1. The summed E-state index contributed by atoms with van der Waals surface area (Å²) in [5, 5.41) is 0. The normalized spacial score (nSPS) is 25.3. The molecule has 36 heavy (non-hydrogen) atoms. The van der Waals surface area contributed by atoms with Crippen molar-refractivity contribution in [1.29, 1.82) is 0 Å². The van der Waals surface area contributed by atoms with E-state index in [4.69, 9.17) is 18.9 Å². The summed E-state index contributed by atoms with van der Waals surface area (Å²) in [7, 11) is 4.70. The lowest BCUT2D eigenvalue weighted by atomic mass is 9.77. The maximum absolute atomic E-state index is 14.2. The van der Waals surface area contributed by atoms with Gasteiger partial charge in [-0.25, -0.2) is 4.39 Å². The molecular weight excluding hydrogens is 465 g/mol. The molecule has 4 unspecified atom stereocenters. The first-order valence-corrected chi connectivity index (χ1v) is 12.2. The molecule has 1 amide bonds. The number of ketones is 1. The average Bonchev–Trinajstić information content (AvgIpc) is 3.19. The number of hydrogen-bond acceptors (Lipinski definition) is 6. The highest BCUT2D eigenvalue weighted by Crippen LogP contribution is 2.48. The Morgan fingerprint density at radius 2 is 1.72 bits per heavy atom. The molecule has 1 fully saturated rings. The van der Waals surface area contributed by atoms with Crippen LogP contribution < -0.4 is 14.2 Å². The average molecular weight is 496 g/mol. The van der Waals surface area contributed by atoms with Gasteiger partial charge in [-0.05, 0) is 61.1 Å². The topological polar surface area (TPSA) is 74.3 Å². The largest absolute Gasteiger partial charge is 0.497 e. The van der Waals surface area contributed by atoms with Gasteiger partial charge in [-0.1, -0.05) is 18.2 Å². The maximum atomic E-state index is 14.2. The minimum absolute atomic E-state index is 0.105. The van der Waals surface area contributed by atoms with Gasteiger partial charge in [-0.15, -0.1) is 0 Å². The van der Waals surface area contributed by atoms with Crippen LogP contribution in [0.1, 0.15) is 36.4 Å². The summed E-state index contributed by atoms with van der Waals surface area (Å²) in [5.74, 6) is 0.816. The molecule has 0 radical (unpaired) electrons. The Labute approximate surface area is 209 Å². The van der Waals surface area contributed by atoms with Crippen molar-refractivity contribution in [2.75, 3.05) is 27.9 Å². The van der Waals surface area contributed by atoms with Crippen LogP contribution >= 0.6 is 0 Å². The summed E-state index contributed by atoms with van der Waals surface area (Å²) in [6.45, 7) is 0.370. The summed E-state index contributed by atoms with van der Waals surface area (Å²) in [5.41, 5.74) is 2.06. The molecule has 0 aromatic heterocycles. The number of Topliss-reactive ketones (excluding diaryl/α,β-unsaturated/α-hetero) is 1. The van der Waals surface area contributed by atoms with Crippen molar-refractivity contribution < 1.29 is 32.9 Å². The van der Waals surface area contributed by atoms with E-state index in [-0.39, 0.29) is 23.9 Å². The van der Waals surface area contributed by atoms with Gasteiger partial charge in [0.2, 0.25) is 0 Å². The number of alkyl halides is 1. The van der Waals surface area contributed by atoms with Gasteiger partial charge in [-0.3, -0.25) is 9.59 Å². The van der Waals surface area contributed by atoms with Crippen LogP contribution in [0.4, 0.5) is 4.39 Å². The van der Waals surface area contributed by atoms with Crippen LogP contribution in [-0.4, -0.2) is 56.7 Å². The fraction of sp³-hybridized carbons (Fsp3) is 0.429. The van der Waals surface area contributed by atoms with Gasteiger partial charge >= 0.3 is 0 Å². The van der Waals surface area contributed by atoms with Crippen LogP contribution in [0.2, 0.25) is 0 Å². The van der Waals surface area contributed by atoms with Gasteiger partial charge in [0.1, 0.15) is 18.0 Å². The number of carbonyl (C=O) groups is 2. The molecule has 0 spiro atoms. The smallest absolute Gasteiger partial charge is 0.290 e. The van der Waals surface area contributed by atoms with E-state index in [2.05, 4.69) is 0 Å². The second-order valence-electron chi connectivity index (χ2n) is 9.39. The first-order chi connectivity index (χ1) is 17.4. The van der Waals surface area contributed by atoms with Crippen molar-refractivity contribution in [2.24, 2.45) is 5.92 Å². The minimum Gasteiger partial charge on any atom is -0.497 e. The molecule has 1 aliphatic carbocycles. The van der Waals surface area contributed by atoms with Crippen molar-refractivity contribution in [3.8, 4) is 17.2 Å². The fourth-order valence-electron chi connectivity index (χ4n) is 5.50. The highest BCUT2D eigenvalue weighted by Gasteiger charge is 2.52. The number of rotatable bonds is 7. The van der Waals surface area contributed by atoms with Crippen molar-refractivity contribution in [3.05, 3.63) is 64.9 Å². The Bertz CT molecular complexity index is 1190. The number of ether oxygens (including phenoxy) is 4. The molecule has 2 aliphatic heterocycles. The molecule has 3 aliphatic rings. The second kappa shape index (κ2) is 9.84. The zero-order valence-corrected chi connectivity index (χ0v) is 20.7. The third-order valence-electron chi connectivity index (χ3n) is 7.40. The van der Waals surface area contributed by atoms with Crippen molar-refractivity contribution in [2.45, 2.75) is 44.0 Å². The van der Waals surface area contributed by atoms with Crippen molar-refractivity contribution in [1.82, 2.24) is 4.90 Å². The molecule has 0 bridgehead atoms. The summed E-state index contributed by atoms with van der Waals surface area (Å²) in [4.78, 5) is 29.1. The van der Waals surface area contributed by atoms with Gasteiger partial charge in [-0.2, -0.15) is 0 Å². The van der Waals surface area contributed by atoms with Crippen LogP contribution in [0, 0.1) is 5.92 Å². The molecule has 5 rings (SSSR count). The highest BCUT2D eigenvalue weighted by molar-refractivity contribution is 6.11. The van der Waals surface area contributed by atoms with Crippen LogP contribution in [0.15, 0.2) is 53.8 Å². The summed E-state index contributed by atoms with van der Waals surface area (Å²) in [6, 6.07) is 12.4. The third-order valence-corrected chi connectivity index (χ3v) is 7.40. The third kappa shape index (κ3) is 4.18. The van der Waals surface area contributed by atoms with E-state index in [9.17, 15) is 14.0 Å². The lowest BCUT2D eigenvalue weighted by Gasteiger charge is -2.36. The summed E-state index contributed by atoms with van der Waals surface area (Å²) >= 11 is 0. The number of benzene rings is 2. The van der Waals surface area contributed by atoms with E-state index in [1.807, 2.05) is 30.3 Å². The SMILES string of the molecule is COc1ccc(CCN2C(=O)C3=C(C(=O)C4CC(F)CCC4O3)C2c2ccc(OC)c(OC)c2)cc1. The molecule has 2 aromatic carbocycles. The molecule has 0 saturated heterocycles. The summed E-state index contributed by atoms with van der Waals surface area (Å²) in [6.07, 6.45) is -0.0317. The number of carbonyl (C=O) groups excluding carboxylic acids is 2. The number of amides is 1. The quantitative estimate of drug-likeness (QED) is 0.573. The number of fused-ring (bicyclic) bond motifs is 1. The first-order valence-electron chi connectivity index (χ1n) is 12.2. The van der Waals surface area contributed by atoms with E-state index in [1.165, 1.54) is 7.11 Å². The van der Waals surface area contributed by atoms with Crippen LogP contribution in [0.25, 0.3) is 0 Å². The zero-order valence-electron chi connectivity index (χ0n) is 20.7. The molecule has 8 heteroatoms. The van der Waals surface area contributed by atoms with Gasteiger partial charge in [0, 0.05) is 6.54 Å². The second-order valence-corrected chi connectivity index (χ2v) is 9.39. The number of methoxy groups -OCH3 is 3. The Kier molecular flexibility index (Phi) is 6.60. The molecule has 4 atom stereocenters. The molecule has 2 heterocycles. The number of nitrogens with zero attached hydrogens (tertiary/aromatic N) is 1. The zero-order chi connectivity index (χ0) is 25.4. The molecular formula is C28H30FNO6. The lowest BCUT2D eigenvalue weighted by Crippen LogP contribution is -2.42. The Morgan fingerprint density at radius 1 is 0.972 bits per heavy atom. The van der Waals surface area contributed by atoms with E-state index in [1.54, 1.807) is 31.3 Å². The molecule has 0 N–H and O–H groups in total. The molecule has 2 aromatic rings. The van der Waals surface area contributed by atoms with E-state index in [0.29, 0.717) is 48.4 Å². The van der Waals surface area contributed by atoms with E-state index >= 15 is 0 Å². The van der Waals surface area contributed by atoms with Gasteiger partial charge < -0.3 is 23.8 Å². The standard InChI is InChI=1S/C28H30FNO6/c1-33-19-8-4-16(5-9-19)12-13-30-25(17-6-10-22(34-2)23(14-17)35-3)24-26(31)20-15-18(29)7-11-21(20)36-27(24)28(30)32/h4-6,8-10,14,18,20-21,25H,7,11-13,15H2,1-3H3. The molecule has 1 saturated carbocycles. The monoisotopic (exact) mass is 495 g/mol. The lowest BCUT2D eigenvalue weighted by molar-refractivity contribution is -0.136. The Hall–Kier alpha value is -3.55. The van der Waals surface area contributed by atoms with E-state index < -0.39 is 24.2 Å². The maximum Gasteiger partial charge on any atom is 0.290 e. The van der Waals surface area contributed by atoms with Gasteiger partial charge in [0.05, 0.1) is 38.9 Å². The van der Waals surface area contributed by atoms with Crippen molar-refractivity contribution >= 4 is 11.7 Å². The van der Waals surface area contributed by atoms with Crippen LogP contribution in [0.5, 0.6) is 17.2 Å². The van der Waals surface area contributed by atoms with Crippen LogP contribution in [0.3, 0.4) is 0 Å². The van der Waals surface area contributed by atoms with Crippen LogP contribution in [-0.2, 0) is 20.7 Å². The summed E-state index contributed by atoms with van der Waals surface area (Å²) < 4.78 is 36.5. The Morgan fingerprint density at radius 3 is 2.42 bits per heavy atom. The number of hydrogen-bond donors (Lipinski definition) is 0. The predicted molar refractivity (Wildman–Crippen MR) is 130 cm³/mol. The van der Waals surface area contributed by atoms with Crippen molar-refractivity contribution in [3.63, 3.8) is 0 Å². The Balaban J connectivity index is 1.52. The molecule has 190 valence electrons. The van der Waals surface area contributed by atoms with Gasteiger partial charge in [0.25, 0.3) is 5.91 Å². The number of halogens is 1. The minimum atomic E-state index is -1.04. The van der Waals surface area contributed by atoms with Gasteiger partial charge in [0.15, 0.2) is 23.0 Å². The fourth-order valence-corrected chi connectivity index (χ4v) is 5.50. The predicted octanol–water partition coefficient (Wildman–Crippen LogP) is 4.20. The molecule has 7 nitrogen and oxygen atoms in total. The first kappa shape index (κ1) is 24.2.